The summed E-state index contributed by atoms with van der Waals surface area (Å²) >= 11 is 6.74. The highest BCUT2D eigenvalue weighted by Crippen LogP contribution is 2.44. The zero-order valence-corrected chi connectivity index (χ0v) is 66.0. The summed E-state index contributed by atoms with van der Waals surface area (Å²) in [6, 6.07) is 74.8. The van der Waals surface area contributed by atoms with E-state index in [1.807, 2.05) is 48.5 Å². The second-order valence-electron chi connectivity index (χ2n) is 28.1. The summed E-state index contributed by atoms with van der Waals surface area (Å²) in [6.07, 6.45) is 34.1. The standard InChI is InChI=1S/C59H60N4O2.C22H27N.C15H8Br2N2O2/c1-3-5-7-9-11-13-23-44-46-25-15-19-29-50(46)58(51-30-20-16-26-47(44)51)62-56-38-42(33-35-54(56)60-40-64)37-43-34-36-55(61-41-65)57(39-43)63-59-52-31-21-17-27-48(52)45(24-14-12-10-8-6-4-2)49-28-18-22-32-53(49)59;1-2-3-4-5-6-7-12-17-18-13-8-10-15-20(18)22(23)21-16-11-9-14-19(17)21;16-12-6-10(1-3-14(12)18-8-20)5-11-2-4-15(19-9-21)13(17)7-11/h15-22,25-36,38-39,62-63H,3-14,23-24,37H2,1-2H3;8-11,13-16H,2-7,12,23H2,1H3;1-4,6-7H,5H2. The largest absolute Gasteiger partial charge is 0.398 e. The monoisotopic (exact) mass is 1570 g/mol. The first-order valence-corrected chi connectivity index (χ1v) is 40.4. The van der Waals surface area contributed by atoms with Gasteiger partial charge in [0.25, 0.3) is 0 Å². The average molecular weight is 1570 g/mol. The molecule has 0 atom stereocenters. The molecule has 13 rings (SSSR count). The lowest BCUT2D eigenvalue weighted by Crippen LogP contribution is -2.00. The lowest BCUT2D eigenvalue weighted by molar-refractivity contribution is 0.564. The molecule has 0 heterocycles. The Hall–Kier alpha value is -10.7. The second-order valence-corrected chi connectivity index (χ2v) is 29.8. The van der Waals surface area contributed by atoms with Crippen molar-refractivity contribution in [3.05, 3.63) is 266 Å². The van der Waals surface area contributed by atoms with Crippen molar-refractivity contribution in [2.24, 2.45) is 20.0 Å². The van der Waals surface area contributed by atoms with Crippen molar-refractivity contribution in [1.29, 1.82) is 0 Å². The zero-order valence-electron chi connectivity index (χ0n) is 62.8. The van der Waals surface area contributed by atoms with E-state index in [4.69, 9.17) is 5.73 Å². The van der Waals surface area contributed by atoms with Crippen LogP contribution in [0.2, 0.25) is 0 Å². The summed E-state index contributed by atoms with van der Waals surface area (Å²) in [5, 5.41) is 22.1. The Morgan fingerprint density at radius 2 is 0.532 bits per heavy atom. The molecule has 0 unspecified atom stereocenters. The molecule has 4 N–H and O–H groups in total. The van der Waals surface area contributed by atoms with Crippen LogP contribution in [0.15, 0.2) is 247 Å². The summed E-state index contributed by atoms with van der Waals surface area (Å²) in [7, 11) is 0. The second kappa shape index (κ2) is 41.0. The van der Waals surface area contributed by atoms with Gasteiger partial charge in [-0.1, -0.05) is 287 Å². The van der Waals surface area contributed by atoms with Crippen LogP contribution in [0.3, 0.4) is 0 Å². The predicted molar refractivity (Wildman–Crippen MR) is 464 cm³/mol. The number of isocyanates is 4. The molecule has 0 radical (unpaired) electrons. The Morgan fingerprint density at radius 3 is 0.817 bits per heavy atom. The molecule has 0 bridgehead atoms. The SMILES string of the molecule is CCCCCCCCc1c2ccccc2c(N)c2ccccc12.CCCCCCCCc1c2ccccc2c(Nc2cc(Cc3ccc(N=C=O)c(Nc4c5ccccc5c(CCCCCCCC)c5ccccc45)c3)ccc2N=C=O)c2ccccc12.O=C=Nc1ccc(Cc2ccc(N=C=O)c(Br)c2)cc1Br. The van der Waals surface area contributed by atoms with Gasteiger partial charge in [0.05, 0.1) is 45.5 Å². The normalized spacial score (nSPS) is 10.9. The Morgan fingerprint density at radius 1 is 0.294 bits per heavy atom. The number of nitrogens with zero attached hydrogens (tertiary/aromatic N) is 4. The number of fused-ring (bicyclic) bond motifs is 6. The molecule has 13 aromatic rings. The van der Waals surface area contributed by atoms with Gasteiger partial charge in [-0.15, -0.1) is 0 Å². The minimum Gasteiger partial charge on any atom is -0.398 e. The fraction of sp³-hybridized carbons (Fsp3) is 0.271. The highest BCUT2D eigenvalue weighted by Gasteiger charge is 2.20. The van der Waals surface area contributed by atoms with Crippen LogP contribution in [0, 0.1) is 0 Å². The van der Waals surface area contributed by atoms with Gasteiger partial charge in [0.2, 0.25) is 24.3 Å². The lowest BCUT2D eigenvalue weighted by Gasteiger charge is -2.20. The van der Waals surface area contributed by atoms with E-state index in [1.165, 1.54) is 175 Å². The third kappa shape index (κ3) is 20.6. The van der Waals surface area contributed by atoms with E-state index in [0.29, 0.717) is 35.6 Å². The van der Waals surface area contributed by atoms with Gasteiger partial charge in [-0.2, -0.15) is 20.0 Å². The van der Waals surface area contributed by atoms with Gasteiger partial charge in [0.1, 0.15) is 0 Å². The van der Waals surface area contributed by atoms with E-state index in [0.717, 1.165) is 113 Å². The molecule has 0 amide bonds. The summed E-state index contributed by atoms with van der Waals surface area (Å²) < 4.78 is 1.48. The van der Waals surface area contributed by atoms with Gasteiger partial charge in [-0.05, 0) is 203 Å². The van der Waals surface area contributed by atoms with Crippen molar-refractivity contribution >= 4 is 172 Å². The smallest absolute Gasteiger partial charge is 0.240 e. The number of halogens is 2. The van der Waals surface area contributed by atoms with Gasteiger partial charge < -0.3 is 16.4 Å². The number of aliphatic imine (C=N–C) groups is 4. The maximum absolute atomic E-state index is 11.8. The van der Waals surface area contributed by atoms with E-state index < -0.39 is 0 Å². The van der Waals surface area contributed by atoms with Crippen LogP contribution in [0.25, 0.3) is 64.6 Å². The Kier molecular flexibility index (Phi) is 29.9. The molecule has 552 valence electrons. The number of nitrogen functional groups attached to an aromatic ring is 1. The fourth-order valence-electron chi connectivity index (χ4n) is 15.2. The van der Waals surface area contributed by atoms with Crippen LogP contribution in [-0.2, 0) is 51.3 Å². The molecule has 0 spiro atoms. The summed E-state index contributed by atoms with van der Waals surface area (Å²) in [6.45, 7) is 6.79. The summed E-state index contributed by atoms with van der Waals surface area (Å²) in [5.41, 5.74) is 21.3. The third-order valence-electron chi connectivity index (χ3n) is 20.7. The summed E-state index contributed by atoms with van der Waals surface area (Å²) in [4.78, 5) is 59.6. The van der Waals surface area contributed by atoms with Crippen LogP contribution in [0.4, 0.5) is 51.2 Å². The highest BCUT2D eigenvalue weighted by molar-refractivity contribution is 9.11. The zero-order chi connectivity index (χ0) is 76.1. The summed E-state index contributed by atoms with van der Waals surface area (Å²) in [5.74, 6) is 0. The topological polar surface area (TPSA) is 168 Å². The van der Waals surface area contributed by atoms with E-state index in [2.05, 4.69) is 241 Å². The van der Waals surface area contributed by atoms with E-state index >= 15 is 0 Å². The van der Waals surface area contributed by atoms with Gasteiger partial charge in [-0.25, -0.2) is 19.2 Å². The van der Waals surface area contributed by atoms with Gasteiger partial charge in [-0.3, -0.25) is 0 Å². The first-order valence-electron chi connectivity index (χ1n) is 38.8. The molecule has 0 aliphatic rings. The lowest BCUT2D eigenvalue weighted by atomic mass is 9.91. The van der Waals surface area contributed by atoms with E-state index in [-0.39, 0.29) is 0 Å². The van der Waals surface area contributed by atoms with E-state index in [1.54, 1.807) is 24.3 Å². The van der Waals surface area contributed by atoms with Crippen LogP contribution in [0.1, 0.15) is 175 Å². The first kappa shape index (κ1) is 79.3. The van der Waals surface area contributed by atoms with Crippen LogP contribution in [-0.4, -0.2) is 24.3 Å². The molecule has 0 saturated heterocycles. The van der Waals surface area contributed by atoms with Crippen molar-refractivity contribution in [2.45, 2.75) is 168 Å². The molecule has 13 heteroatoms. The number of rotatable bonds is 33. The molecular formula is C96H95Br2N7O4. The Labute approximate surface area is 657 Å². The number of aryl methyl sites for hydroxylation is 3. The number of anilines is 5. The number of carbonyl (C=O) groups excluding carboxylic acids is 4. The maximum atomic E-state index is 11.8. The van der Waals surface area contributed by atoms with E-state index in [9.17, 15) is 19.2 Å². The van der Waals surface area contributed by atoms with Crippen molar-refractivity contribution in [2.75, 3.05) is 16.4 Å². The molecule has 11 nitrogen and oxygen atoms in total. The average Bonchev–Trinajstić information content (AvgIpc) is 0.764. The highest BCUT2D eigenvalue weighted by atomic mass is 79.9. The van der Waals surface area contributed by atoms with Gasteiger partial charge >= 0.3 is 0 Å². The van der Waals surface area contributed by atoms with Crippen molar-refractivity contribution in [3.8, 4) is 0 Å². The van der Waals surface area contributed by atoms with Gasteiger partial charge in [0.15, 0.2) is 0 Å². The molecule has 0 aliphatic carbocycles. The minimum absolute atomic E-state index is 0.518. The fourth-order valence-corrected chi connectivity index (χ4v) is 16.3. The number of hydrogen-bond donors (Lipinski definition) is 3. The number of benzene rings is 13. The van der Waals surface area contributed by atoms with Crippen LogP contribution >= 0.6 is 31.9 Å². The number of hydrogen-bond acceptors (Lipinski definition) is 11. The first-order chi connectivity index (χ1) is 53.6. The quantitative estimate of drug-likeness (QED) is 0.0121. The number of unbranched alkanes of at least 4 members (excludes halogenated alkanes) is 15. The van der Waals surface area contributed by atoms with Crippen LogP contribution in [0.5, 0.6) is 0 Å². The number of nitrogens with one attached hydrogen (secondary N) is 2. The molecule has 0 saturated carbocycles. The minimum atomic E-state index is 0.518. The van der Waals surface area contributed by atoms with Crippen molar-refractivity contribution < 1.29 is 19.2 Å². The third-order valence-corrected chi connectivity index (χ3v) is 21.9. The van der Waals surface area contributed by atoms with Crippen LogP contribution < -0.4 is 16.4 Å². The Bertz CT molecular complexity index is 5090. The van der Waals surface area contributed by atoms with Crippen molar-refractivity contribution in [3.63, 3.8) is 0 Å². The van der Waals surface area contributed by atoms with Gasteiger partial charge in [0, 0.05) is 47.0 Å². The molecule has 0 fully saturated rings. The predicted octanol–water partition coefficient (Wildman–Crippen LogP) is 28.3. The molecule has 0 aliphatic heterocycles. The number of nitrogens with two attached hydrogens (primary N) is 1. The molecular weight excluding hydrogens is 1470 g/mol. The maximum Gasteiger partial charge on any atom is 0.240 e. The molecule has 13 aromatic carbocycles. The molecule has 0 aromatic heterocycles. The molecule has 109 heavy (non-hydrogen) atoms. The Balaban J connectivity index is 0.000000216. The van der Waals surface area contributed by atoms with Crippen molar-refractivity contribution in [1.82, 2.24) is 0 Å².